The van der Waals surface area contributed by atoms with Gasteiger partial charge < -0.3 is 19.4 Å². The van der Waals surface area contributed by atoms with Crippen molar-refractivity contribution in [3.8, 4) is 11.5 Å². The Hall–Kier alpha value is -2.25. The topological polar surface area (TPSA) is 74.1 Å². The van der Waals surface area contributed by atoms with Crippen LogP contribution in [0.1, 0.15) is 13.8 Å². The molecule has 1 aromatic carbocycles. The maximum absolute atomic E-state index is 6.22. The Labute approximate surface area is 161 Å². The fraction of sp³-hybridized carbons (Fsp3) is 0.353. The van der Waals surface area contributed by atoms with Crippen molar-refractivity contribution in [3.05, 3.63) is 28.8 Å². The highest BCUT2D eigenvalue weighted by Crippen LogP contribution is 2.38. The molecule has 0 unspecified atom stereocenters. The van der Waals surface area contributed by atoms with Gasteiger partial charge >= 0.3 is 0 Å². The van der Waals surface area contributed by atoms with Crippen molar-refractivity contribution in [2.75, 3.05) is 19.5 Å². The zero-order chi connectivity index (χ0) is 18.8. The van der Waals surface area contributed by atoms with Crippen LogP contribution in [0.4, 0.5) is 11.5 Å². The van der Waals surface area contributed by atoms with Gasteiger partial charge in [-0.15, -0.1) is 0 Å². The van der Waals surface area contributed by atoms with E-state index in [0.29, 0.717) is 45.1 Å². The molecule has 0 fully saturated rings. The van der Waals surface area contributed by atoms with E-state index in [1.807, 2.05) is 4.57 Å². The third-order valence-electron chi connectivity index (χ3n) is 3.71. The van der Waals surface area contributed by atoms with Crippen LogP contribution >= 0.6 is 23.2 Å². The Morgan fingerprint density at radius 3 is 2.35 bits per heavy atom. The van der Waals surface area contributed by atoms with Gasteiger partial charge in [0.25, 0.3) is 0 Å². The van der Waals surface area contributed by atoms with Crippen LogP contribution in [-0.4, -0.2) is 33.7 Å². The van der Waals surface area contributed by atoms with E-state index >= 15 is 0 Å². The average Bonchev–Trinajstić information content (AvgIpc) is 2.98. The summed E-state index contributed by atoms with van der Waals surface area (Å²) < 4.78 is 12.5. The third-order valence-corrected chi connectivity index (χ3v) is 4.25. The van der Waals surface area contributed by atoms with Crippen molar-refractivity contribution in [2.24, 2.45) is 5.92 Å². The monoisotopic (exact) mass is 395 g/mol. The largest absolute Gasteiger partial charge is 0.495 e. The van der Waals surface area contributed by atoms with Crippen LogP contribution in [-0.2, 0) is 6.54 Å². The Kier molecular flexibility index (Phi) is 5.38. The summed E-state index contributed by atoms with van der Waals surface area (Å²) in [7, 11) is 3.08. The molecule has 0 radical (unpaired) electrons. The molecule has 3 rings (SSSR count). The second kappa shape index (κ2) is 7.55. The first-order valence-corrected chi connectivity index (χ1v) is 8.75. The first kappa shape index (κ1) is 18.5. The van der Waals surface area contributed by atoms with E-state index in [0.717, 1.165) is 6.54 Å². The Bertz CT molecular complexity index is 917. The van der Waals surface area contributed by atoms with Crippen molar-refractivity contribution >= 4 is 45.9 Å². The Balaban J connectivity index is 2.05. The fourth-order valence-corrected chi connectivity index (χ4v) is 3.04. The van der Waals surface area contributed by atoms with E-state index in [4.69, 9.17) is 32.7 Å². The number of anilines is 2. The molecule has 0 aliphatic rings. The van der Waals surface area contributed by atoms with Gasteiger partial charge in [0.05, 0.1) is 20.5 Å². The van der Waals surface area contributed by atoms with E-state index in [1.165, 1.54) is 14.2 Å². The molecule has 7 nitrogen and oxygen atoms in total. The molecular formula is C17H19Cl2N5O2. The maximum Gasteiger partial charge on any atom is 0.226 e. The number of nitrogens with one attached hydrogen (secondary N) is 1. The van der Waals surface area contributed by atoms with Crippen molar-refractivity contribution in [3.63, 3.8) is 0 Å². The Morgan fingerprint density at radius 1 is 1.12 bits per heavy atom. The summed E-state index contributed by atoms with van der Waals surface area (Å²) >= 11 is 12.3. The molecule has 0 saturated carbocycles. The van der Waals surface area contributed by atoms with Gasteiger partial charge in [-0.2, -0.15) is 9.97 Å². The molecule has 26 heavy (non-hydrogen) atoms. The van der Waals surface area contributed by atoms with E-state index in [2.05, 4.69) is 34.1 Å². The van der Waals surface area contributed by atoms with Crippen LogP contribution in [0.25, 0.3) is 11.2 Å². The highest BCUT2D eigenvalue weighted by Gasteiger charge is 2.16. The molecule has 9 heteroatoms. The lowest BCUT2D eigenvalue weighted by atomic mass is 10.2. The summed E-state index contributed by atoms with van der Waals surface area (Å²) in [4.78, 5) is 13.0. The molecule has 2 heterocycles. The number of fused-ring (bicyclic) bond motifs is 1. The maximum atomic E-state index is 6.22. The van der Waals surface area contributed by atoms with Gasteiger partial charge in [-0.3, -0.25) is 0 Å². The van der Waals surface area contributed by atoms with E-state index < -0.39 is 0 Å². The minimum absolute atomic E-state index is 0.137. The van der Waals surface area contributed by atoms with Crippen molar-refractivity contribution in [1.29, 1.82) is 0 Å². The fourth-order valence-electron chi connectivity index (χ4n) is 2.61. The average molecular weight is 396 g/mol. The number of ether oxygens (including phenoxy) is 2. The summed E-state index contributed by atoms with van der Waals surface area (Å²) in [5.41, 5.74) is 1.98. The normalized spacial score (nSPS) is 11.2. The standard InChI is InChI=1S/C17H19Cl2N5O2/c1-9(2)7-24-8-20-14-15(22-17(19)23-16(14)24)21-10-5-11(25-3)13(18)12(6-10)26-4/h5-6,8-9H,7H2,1-4H3,(H,21,22,23). The molecule has 0 bridgehead atoms. The number of hydrogen-bond acceptors (Lipinski definition) is 6. The quantitative estimate of drug-likeness (QED) is 0.617. The van der Waals surface area contributed by atoms with Gasteiger partial charge in [-0.25, -0.2) is 4.98 Å². The predicted molar refractivity (Wildman–Crippen MR) is 103 cm³/mol. The number of hydrogen-bond donors (Lipinski definition) is 1. The summed E-state index contributed by atoms with van der Waals surface area (Å²) in [6.45, 7) is 5.03. The van der Waals surface area contributed by atoms with Gasteiger partial charge in [-0.1, -0.05) is 25.4 Å². The number of nitrogens with zero attached hydrogens (tertiary/aromatic N) is 4. The number of rotatable bonds is 6. The lowest BCUT2D eigenvalue weighted by Crippen LogP contribution is -2.05. The SMILES string of the molecule is COc1cc(Nc2nc(Cl)nc3c2ncn3CC(C)C)cc(OC)c1Cl. The van der Waals surface area contributed by atoms with Crippen molar-refractivity contribution < 1.29 is 9.47 Å². The minimum Gasteiger partial charge on any atom is -0.495 e. The summed E-state index contributed by atoms with van der Waals surface area (Å²) in [6.07, 6.45) is 1.74. The molecule has 1 N–H and O–H groups in total. The number of aromatic nitrogens is 4. The smallest absolute Gasteiger partial charge is 0.226 e. The first-order chi connectivity index (χ1) is 12.4. The molecule has 2 aromatic heterocycles. The van der Waals surface area contributed by atoms with Crippen LogP contribution in [0, 0.1) is 5.92 Å². The third kappa shape index (κ3) is 3.64. The highest BCUT2D eigenvalue weighted by atomic mass is 35.5. The predicted octanol–water partition coefficient (Wildman–Crippen LogP) is 4.55. The van der Waals surface area contributed by atoms with E-state index in [-0.39, 0.29) is 5.28 Å². The lowest BCUT2D eigenvalue weighted by Gasteiger charge is -2.13. The van der Waals surface area contributed by atoms with Gasteiger partial charge in [-0.05, 0) is 17.5 Å². The zero-order valence-corrected chi connectivity index (χ0v) is 16.4. The minimum atomic E-state index is 0.137. The second-order valence-corrected chi connectivity index (χ2v) is 6.84. The van der Waals surface area contributed by atoms with Gasteiger partial charge in [0.15, 0.2) is 17.0 Å². The molecule has 3 aromatic rings. The van der Waals surface area contributed by atoms with Crippen LogP contribution in [0.5, 0.6) is 11.5 Å². The van der Waals surface area contributed by atoms with Crippen LogP contribution in [0.3, 0.4) is 0 Å². The van der Waals surface area contributed by atoms with Gasteiger partial charge in [0, 0.05) is 24.4 Å². The summed E-state index contributed by atoms with van der Waals surface area (Å²) in [5.74, 6) is 1.90. The zero-order valence-electron chi connectivity index (χ0n) is 14.9. The van der Waals surface area contributed by atoms with Crippen LogP contribution in [0.15, 0.2) is 18.5 Å². The number of methoxy groups -OCH3 is 2. The second-order valence-electron chi connectivity index (χ2n) is 6.12. The summed E-state index contributed by atoms with van der Waals surface area (Å²) in [6, 6.07) is 3.50. The summed E-state index contributed by atoms with van der Waals surface area (Å²) in [5, 5.41) is 3.73. The van der Waals surface area contributed by atoms with Crippen molar-refractivity contribution in [2.45, 2.75) is 20.4 Å². The van der Waals surface area contributed by atoms with Crippen LogP contribution < -0.4 is 14.8 Å². The Morgan fingerprint density at radius 2 is 1.77 bits per heavy atom. The van der Waals surface area contributed by atoms with Gasteiger partial charge in [0.1, 0.15) is 16.5 Å². The molecule has 0 spiro atoms. The highest BCUT2D eigenvalue weighted by molar-refractivity contribution is 6.33. The molecule has 0 amide bonds. The number of benzene rings is 1. The molecule has 0 aliphatic heterocycles. The number of halogens is 2. The van der Waals surface area contributed by atoms with E-state index in [9.17, 15) is 0 Å². The molecule has 0 atom stereocenters. The molecule has 0 saturated heterocycles. The molecule has 0 aliphatic carbocycles. The number of imidazole rings is 1. The first-order valence-electron chi connectivity index (χ1n) is 7.99. The lowest BCUT2D eigenvalue weighted by molar-refractivity contribution is 0.395. The van der Waals surface area contributed by atoms with Gasteiger partial charge in [0.2, 0.25) is 5.28 Å². The van der Waals surface area contributed by atoms with E-state index in [1.54, 1.807) is 18.5 Å². The molecular weight excluding hydrogens is 377 g/mol. The molecule has 138 valence electrons. The van der Waals surface area contributed by atoms with Crippen molar-refractivity contribution in [1.82, 2.24) is 19.5 Å². The van der Waals surface area contributed by atoms with Crippen LogP contribution in [0.2, 0.25) is 10.3 Å².